The van der Waals surface area contributed by atoms with E-state index in [1.807, 2.05) is 23.1 Å². The Balaban J connectivity index is 1.66. The Hall–Kier alpha value is -1.69. The molecular formula is C17H23N3O2S. The molecule has 1 amide bonds. The highest BCUT2D eigenvalue weighted by Crippen LogP contribution is 2.26. The van der Waals surface area contributed by atoms with E-state index < -0.39 is 0 Å². The fourth-order valence-corrected chi connectivity index (χ4v) is 4.03. The second-order valence-corrected chi connectivity index (χ2v) is 7.11. The number of benzene rings is 1. The topological polar surface area (TPSA) is 58.2 Å². The minimum Gasteiger partial charge on any atom is -0.497 e. The zero-order chi connectivity index (χ0) is 16.4. The lowest BCUT2D eigenvalue weighted by Crippen LogP contribution is -2.48. The highest BCUT2D eigenvalue weighted by molar-refractivity contribution is 7.99. The number of carbonyl (C=O) groups is 1. The average molecular weight is 333 g/mol. The number of hydrogen-bond acceptors (Lipinski definition) is 4. The molecule has 5 nitrogen and oxygen atoms in total. The molecule has 3 rings (SSSR count). The minimum atomic E-state index is 0.202. The summed E-state index contributed by atoms with van der Waals surface area (Å²) in [5.41, 5.74) is 1.82. The third-order valence-corrected chi connectivity index (χ3v) is 5.34. The third-order valence-electron chi connectivity index (χ3n) is 4.48. The number of piperidine rings is 1. The number of aromatic amines is 1. The van der Waals surface area contributed by atoms with Gasteiger partial charge >= 0.3 is 0 Å². The van der Waals surface area contributed by atoms with Gasteiger partial charge in [0, 0.05) is 18.2 Å². The van der Waals surface area contributed by atoms with Gasteiger partial charge in [-0.25, -0.2) is 4.98 Å². The van der Waals surface area contributed by atoms with Crippen LogP contribution in [0.4, 0.5) is 0 Å². The van der Waals surface area contributed by atoms with Crippen molar-refractivity contribution in [2.45, 2.75) is 50.4 Å². The highest BCUT2D eigenvalue weighted by Gasteiger charge is 2.28. The summed E-state index contributed by atoms with van der Waals surface area (Å²) in [5.74, 6) is 1.42. The standard InChI is InChI=1S/C17H23N3O2S/c1-11-5-4-6-12(2)20(11)16(21)10-23-17-18-14-8-7-13(22-3)9-15(14)19-17/h7-9,11-12H,4-6,10H2,1-3H3,(H,18,19)/t11-,12-/m1/s1. The molecule has 6 heteroatoms. The largest absolute Gasteiger partial charge is 0.497 e. The van der Waals surface area contributed by atoms with Crippen LogP contribution in [0.3, 0.4) is 0 Å². The summed E-state index contributed by atoms with van der Waals surface area (Å²) >= 11 is 1.47. The van der Waals surface area contributed by atoms with Gasteiger partial charge in [0.2, 0.25) is 5.91 Å². The average Bonchev–Trinajstić information content (AvgIpc) is 2.94. The van der Waals surface area contributed by atoms with Crippen molar-refractivity contribution >= 4 is 28.7 Å². The van der Waals surface area contributed by atoms with E-state index in [-0.39, 0.29) is 5.91 Å². The number of H-pyrrole nitrogens is 1. The van der Waals surface area contributed by atoms with E-state index in [2.05, 4.69) is 23.8 Å². The molecule has 23 heavy (non-hydrogen) atoms. The minimum absolute atomic E-state index is 0.202. The van der Waals surface area contributed by atoms with E-state index in [0.717, 1.165) is 34.8 Å². The lowest BCUT2D eigenvalue weighted by atomic mass is 9.98. The molecule has 2 aromatic rings. The maximum atomic E-state index is 12.6. The first-order valence-electron chi connectivity index (χ1n) is 8.06. The fourth-order valence-electron chi connectivity index (χ4n) is 3.28. The smallest absolute Gasteiger partial charge is 0.233 e. The number of carbonyl (C=O) groups excluding carboxylic acids is 1. The van der Waals surface area contributed by atoms with Crippen molar-refractivity contribution in [3.05, 3.63) is 18.2 Å². The summed E-state index contributed by atoms with van der Waals surface area (Å²) in [6, 6.07) is 6.41. The van der Waals surface area contributed by atoms with Crippen LogP contribution in [0, 0.1) is 0 Å². The Morgan fingerprint density at radius 2 is 2.13 bits per heavy atom. The normalized spacial score (nSPS) is 21.6. The zero-order valence-corrected chi connectivity index (χ0v) is 14.7. The van der Waals surface area contributed by atoms with Crippen molar-refractivity contribution in [3.8, 4) is 5.75 Å². The lowest BCUT2D eigenvalue weighted by molar-refractivity contribution is -0.134. The molecule has 0 unspecified atom stereocenters. The number of imidazole rings is 1. The van der Waals surface area contributed by atoms with E-state index in [4.69, 9.17) is 4.74 Å². The van der Waals surface area contributed by atoms with E-state index in [1.54, 1.807) is 7.11 Å². The number of ether oxygens (including phenoxy) is 1. The molecule has 0 aliphatic carbocycles. The van der Waals surface area contributed by atoms with Gasteiger partial charge < -0.3 is 14.6 Å². The summed E-state index contributed by atoms with van der Waals surface area (Å²) < 4.78 is 5.22. The molecule has 2 atom stereocenters. The van der Waals surface area contributed by atoms with Gasteiger partial charge in [0.15, 0.2) is 5.16 Å². The molecular weight excluding hydrogens is 310 g/mol. The predicted octanol–water partition coefficient (Wildman–Crippen LogP) is 3.45. The maximum Gasteiger partial charge on any atom is 0.233 e. The van der Waals surface area contributed by atoms with Gasteiger partial charge in [0.1, 0.15) is 5.75 Å². The summed E-state index contributed by atoms with van der Waals surface area (Å²) in [6.45, 7) is 4.29. The molecule has 1 saturated heterocycles. The molecule has 1 fully saturated rings. The van der Waals surface area contributed by atoms with E-state index in [9.17, 15) is 4.79 Å². The van der Waals surface area contributed by atoms with Crippen LogP contribution in [-0.4, -0.2) is 45.7 Å². The predicted molar refractivity (Wildman–Crippen MR) is 93.0 cm³/mol. The summed E-state index contributed by atoms with van der Waals surface area (Å²) in [6.07, 6.45) is 3.42. The van der Waals surface area contributed by atoms with Gasteiger partial charge in [-0.3, -0.25) is 4.79 Å². The second-order valence-electron chi connectivity index (χ2n) is 6.14. The van der Waals surface area contributed by atoms with Gasteiger partial charge in [0.25, 0.3) is 0 Å². The van der Waals surface area contributed by atoms with Crippen LogP contribution in [-0.2, 0) is 4.79 Å². The Morgan fingerprint density at radius 1 is 1.39 bits per heavy atom. The number of methoxy groups -OCH3 is 1. The number of rotatable bonds is 4. The van der Waals surface area contributed by atoms with Gasteiger partial charge in [-0.1, -0.05) is 11.8 Å². The van der Waals surface area contributed by atoms with Crippen molar-refractivity contribution in [3.63, 3.8) is 0 Å². The Kier molecular flexibility index (Phi) is 4.80. The quantitative estimate of drug-likeness (QED) is 0.871. The molecule has 1 aromatic heterocycles. The van der Waals surface area contributed by atoms with Crippen molar-refractivity contribution < 1.29 is 9.53 Å². The van der Waals surface area contributed by atoms with Crippen molar-refractivity contribution in [2.75, 3.05) is 12.9 Å². The Morgan fingerprint density at radius 3 is 2.83 bits per heavy atom. The first-order valence-corrected chi connectivity index (χ1v) is 9.04. The molecule has 0 spiro atoms. The van der Waals surface area contributed by atoms with Crippen LogP contribution in [0.5, 0.6) is 5.75 Å². The highest BCUT2D eigenvalue weighted by atomic mass is 32.2. The molecule has 1 aromatic carbocycles. The van der Waals surface area contributed by atoms with Crippen LogP contribution in [0.2, 0.25) is 0 Å². The number of nitrogens with zero attached hydrogens (tertiary/aromatic N) is 2. The molecule has 1 aliphatic heterocycles. The van der Waals surface area contributed by atoms with E-state index in [0.29, 0.717) is 17.8 Å². The monoisotopic (exact) mass is 333 g/mol. The van der Waals surface area contributed by atoms with Crippen LogP contribution < -0.4 is 4.74 Å². The zero-order valence-electron chi connectivity index (χ0n) is 13.8. The molecule has 124 valence electrons. The van der Waals surface area contributed by atoms with E-state index >= 15 is 0 Å². The van der Waals surface area contributed by atoms with Crippen molar-refractivity contribution in [2.24, 2.45) is 0 Å². The van der Waals surface area contributed by atoms with Crippen LogP contribution in [0.1, 0.15) is 33.1 Å². The molecule has 1 N–H and O–H groups in total. The number of hydrogen-bond donors (Lipinski definition) is 1. The first-order chi connectivity index (χ1) is 11.1. The Bertz CT molecular complexity index is 690. The summed E-state index contributed by atoms with van der Waals surface area (Å²) in [5, 5.41) is 0.777. The first kappa shape index (κ1) is 16.2. The number of amides is 1. The van der Waals surface area contributed by atoms with Gasteiger partial charge in [0.05, 0.1) is 23.9 Å². The maximum absolute atomic E-state index is 12.6. The Labute approximate surface area is 140 Å². The number of fused-ring (bicyclic) bond motifs is 1. The second kappa shape index (κ2) is 6.83. The van der Waals surface area contributed by atoms with E-state index in [1.165, 1.54) is 18.2 Å². The van der Waals surface area contributed by atoms with Crippen LogP contribution >= 0.6 is 11.8 Å². The molecule has 0 saturated carbocycles. The molecule has 0 bridgehead atoms. The van der Waals surface area contributed by atoms with Crippen LogP contribution in [0.15, 0.2) is 23.4 Å². The van der Waals surface area contributed by atoms with Crippen LogP contribution in [0.25, 0.3) is 11.0 Å². The van der Waals surface area contributed by atoms with Crippen molar-refractivity contribution in [1.82, 2.24) is 14.9 Å². The number of likely N-dealkylation sites (tertiary alicyclic amines) is 1. The fraction of sp³-hybridized carbons (Fsp3) is 0.529. The molecule has 1 aliphatic rings. The molecule has 2 heterocycles. The summed E-state index contributed by atoms with van der Waals surface area (Å²) in [4.78, 5) is 22.4. The number of aromatic nitrogens is 2. The number of nitrogens with one attached hydrogen (secondary N) is 1. The van der Waals surface area contributed by atoms with Crippen molar-refractivity contribution in [1.29, 1.82) is 0 Å². The van der Waals surface area contributed by atoms with Gasteiger partial charge in [-0.05, 0) is 45.2 Å². The molecule has 0 radical (unpaired) electrons. The SMILES string of the molecule is COc1ccc2nc(SCC(=O)N3[C@H](C)CCC[C@H]3C)[nH]c2c1. The summed E-state index contributed by atoms with van der Waals surface area (Å²) in [7, 11) is 1.65. The third kappa shape index (κ3) is 3.47. The number of thioether (sulfide) groups is 1. The van der Waals surface area contributed by atoms with Gasteiger partial charge in [-0.2, -0.15) is 0 Å². The lowest BCUT2D eigenvalue weighted by Gasteiger charge is -2.39. The van der Waals surface area contributed by atoms with Gasteiger partial charge in [-0.15, -0.1) is 0 Å².